The number of piperidine rings is 1. The van der Waals surface area contributed by atoms with E-state index in [1.165, 1.54) is 36.9 Å². The van der Waals surface area contributed by atoms with Crippen molar-refractivity contribution in [2.45, 2.75) is 46.5 Å². The third-order valence-electron chi connectivity index (χ3n) is 5.73. The van der Waals surface area contributed by atoms with E-state index in [-0.39, 0.29) is 22.8 Å². The lowest BCUT2D eigenvalue weighted by atomic mass is 10.1. The summed E-state index contributed by atoms with van der Waals surface area (Å²) in [4.78, 5) is 43.1. The van der Waals surface area contributed by atoms with Gasteiger partial charge in [-0.3, -0.25) is 15.0 Å². The van der Waals surface area contributed by atoms with Crippen molar-refractivity contribution in [3.63, 3.8) is 0 Å². The van der Waals surface area contributed by atoms with E-state index in [1.807, 2.05) is 13.8 Å². The van der Waals surface area contributed by atoms with Crippen molar-refractivity contribution in [2.24, 2.45) is 0 Å². The SMILES string of the molecule is C/C=C(\C=C/CC(=N)N1CCCCC1)C(=O)Nc1ccc(OCC(=O)O)cc1C(=O)Nc1ccc(Cl)cn1.CC. The van der Waals surface area contributed by atoms with Crippen molar-refractivity contribution in [3.05, 3.63) is 70.9 Å². The summed E-state index contributed by atoms with van der Waals surface area (Å²) in [6, 6.07) is 7.35. The molecular weight excluding hydrogens is 534 g/mol. The molecule has 11 heteroatoms. The van der Waals surface area contributed by atoms with Crippen LogP contribution in [-0.2, 0) is 9.59 Å². The number of aliphatic carboxylic acids is 1. The highest BCUT2D eigenvalue weighted by Crippen LogP contribution is 2.24. The third-order valence-corrected chi connectivity index (χ3v) is 5.96. The number of likely N-dealkylation sites (tertiary alicyclic amines) is 1. The van der Waals surface area contributed by atoms with Crippen LogP contribution in [0.2, 0.25) is 5.02 Å². The Morgan fingerprint density at radius 2 is 1.85 bits per heavy atom. The number of nitrogens with one attached hydrogen (secondary N) is 3. The first-order chi connectivity index (χ1) is 19.3. The number of benzene rings is 1. The lowest BCUT2D eigenvalue weighted by molar-refractivity contribution is -0.139. The number of allylic oxidation sites excluding steroid dienone is 1. The zero-order chi connectivity index (χ0) is 29.5. The van der Waals surface area contributed by atoms with Crippen molar-refractivity contribution in [3.8, 4) is 5.75 Å². The van der Waals surface area contributed by atoms with Crippen molar-refractivity contribution < 1.29 is 24.2 Å². The first-order valence-electron chi connectivity index (χ1n) is 13.1. The van der Waals surface area contributed by atoms with Gasteiger partial charge in [-0.25, -0.2) is 9.78 Å². The van der Waals surface area contributed by atoms with Crippen LogP contribution in [0.5, 0.6) is 5.75 Å². The summed E-state index contributed by atoms with van der Waals surface area (Å²) in [6.45, 7) is 6.89. The smallest absolute Gasteiger partial charge is 0.341 e. The van der Waals surface area contributed by atoms with E-state index in [2.05, 4.69) is 20.5 Å². The molecule has 1 aliphatic rings. The number of carbonyl (C=O) groups excluding carboxylic acids is 2. The van der Waals surface area contributed by atoms with Gasteiger partial charge in [-0.2, -0.15) is 0 Å². The molecule has 10 nitrogen and oxygen atoms in total. The number of carbonyl (C=O) groups is 3. The minimum absolute atomic E-state index is 0.0456. The molecule has 1 fully saturated rings. The number of ether oxygens (including phenoxy) is 1. The van der Waals surface area contributed by atoms with Crippen LogP contribution >= 0.6 is 11.6 Å². The molecule has 0 saturated carbocycles. The highest BCUT2D eigenvalue weighted by atomic mass is 35.5. The fraction of sp³-hybridized carbons (Fsp3) is 0.345. The third kappa shape index (κ3) is 10.2. The Hall–Kier alpha value is -4.18. The van der Waals surface area contributed by atoms with Gasteiger partial charge in [0.2, 0.25) is 0 Å². The Balaban J connectivity index is 0.00000274. The highest BCUT2D eigenvalue weighted by Gasteiger charge is 2.18. The molecule has 214 valence electrons. The molecule has 2 heterocycles. The van der Waals surface area contributed by atoms with Crippen molar-refractivity contribution in [1.82, 2.24) is 9.88 Å². The van der Waals surface area contributed by atoms with Gasteiger partial charge in [0, 0.05) is 31.3 Å². The number of nitrogens with zero attached hydrogens (tertiary/aromatic N) is 2. The van der Waals surface area contributed by atoms with Gasteiger partial charge < -0.3 is 25.4 Å². The lowest BCUT2D eigenvalue weighted by Gasteiger charge is -2.28. The number of hydrogen-bond acceptors (Lipinski definition) is 6. The van der Waals surface area contributed by atoms with Crippen LogP contribution in [0.4, 0.5) is 11.5 Å². The van der Waals surface area contributed by atoms with Crippen molar-refractivity contribution in [2.75, 3.05) is 30.3 Å². The van der Waals surface area contributed by atoms with Gasteiger partial charge in [-0.1, -0.05) is 43.7 Å². The van der Waals surface area contributed by atoms with E-state index in [1.54, 1.807) is 31.2 Å². The van der Waals surface area contributed by atoms with Crippen LogP contribution in [-0.4, -0.2) is 58.3 Å². The Kier molecular flexibility index (Phi) is 13.4. The maximum Gasteiger partial charge on any atom is 0.341 e. The number of amides is 2. The quantitative estimate of drug-likeness (QED) is 0.123. The van der Waals surface area contributed by atoms with Crippen LogP contribution in [0.15, 0.2) is 60.3 Å². The van der Waals surface area contributed by atoms with E-state index in [0.29, 0.717) is 22.9 Å². The molecule has 0 unspecified atom stereocenters. The van der Waals surface area contributed by atoms with E-state index >= 15 is 0 Å². The number of rotatable bonds is 10. The molecule has 4 N–H and O–H groups in total. The van der Waals surface area contributed by atoms with E-state index in [9.17, 15) is 14.4 Å². The summed E-state index contributed by atoms with van der Waals surface area (Å²) in [5, 5.41) is 22.9. The standard InChI is InChI=1S/C27H30ClN5O5.C2H6/c1-2-18(7-6-8-23(29)33-13-4-3-5-14-33)26(36)31-22-11-10-20(38-17-25(34)35)15-21(22)27(37)32-24-12-9-19(28)16-30-24;1-2/h2,6-7,9-12,15-16,29H,3-5,8,13-14,17H2,1H3,(H,31,36)(H,34,35)(H,30,32,37);1-2H3/b7-6-,18-2+,29-23?;. The van der Waals surface area contributed by atoms with Crippen LogP contribution < -0.4 is 15.4 Å². The molecule has 3 rings (SSSR count). The number of hydrogen-bond donors (Lipinski definition) is 4. The molecule has 1 saturated heterocycles. The van der Waals surface area contributed by atoms with Crippen molar-refractivity contribution >= 4 is 46.7 Å². The summed E-state index contributed by atoms with van der Waals surface area (Å²) >= 11 is 5.85. The zero-order valence-corrected chi connectivity index (χ0v) is 23.8. The summed E-state index contributed by atoms with van der Waals surface area (Å²) in [5.41, 5.74) is 0.593. The summed E-state index contributed by atoms with van der Waals surface area (Å²) in [6.07, 6.45) is 10.2. The minimum atomic E-state index is -1.17. The van der Waals surface area contributed by atoms with Gasteiger partial charge in [0.05, 0.1) is 22.1 Å². The predicted octanol–water partition coefficient (Wildman–Crippen LogP) is 5.77. The topological polar surface area (TPSA) is 145 Å². The van der Waals surface area contributed by atoms with E-state index in [0.717, 1.165) is 25.9 Å². The molecule has 0 bridgehead atoms. The second-order valence-corrected chi connectivity index (χ2v) is 8.94. The average molecular weight is 570 g/mol. The number of pyridine rings is 1. The van der Waals surface area contributed by atoms with Gasteiger partial charge in [0.1, 0.15) is 11.6 Å². The van der Waals surface area contributed by atoms with Gasteiger partial charge in [-0.15, -0.1) is 0 Å². The Morgan fingerprint density at radius 3 is 2.48 bits per heavy atom. The molecule has 0 aliphatic carbocycles. The number of halogens is 1. The lowest BCUT2D eigenvalue weighted by Crippen LogP contribution is -2.34. The van der Waals surface area contributed by atoms with Gasteiger partial charge in [0.15, 0.2) is 6.61 Å². The average Bonchev–Trinajstić information content (AvgIpc) is 2.97. The van der Waals surface area contributed by atoms with Gasteiger partial charge in [-0.05, 0) is 56.5 Å². The number of carboxylic acids is 1. The molecule has 0 spiro atoms. The molecule has 0 atom stereocenters. The zero-order valence-electron chi connectivity index (χ0n) is 23.0. The fourth-order valence-corrected chi connectivity index (χ4v) is 3.89. The second kappa shape index (κ2) is 16.7. The van der Waals surface area contributed by atoms with E-state index in [4.69, 9.17) is 26.9 Å². The fourth-order valence-electron chi connectivity index (χ4n) is 3.78. The van der Waals surface area contributed by atoms with E-state index < -0.39 is 24.4 Å². The second-order valence-electron chi connectivity index (χ2n) is 8.50. The molecular formula is C29H36ClN5O5. The number of anilines is 2. The minimum Gasteiger partial charge on any atom is -0.482 e. The molecule has 1 aromatic heterocycles. The highest BCUT2D eigenvalue weighted by molar-refractivity contribution is 6.30. The first-order valence-corrected chi connectivity index (χ1v) is 13.5. The normalized spacial score (nSPS) is 13.2. The summed E-state index contributed by atoms with van der Waals surface area (Å²) < 4.78 is 5.21. The van der Waals surface area contributed by atoms with Crippen LogP contribution in [0.3, 0.4) is 0 Å². The Morgan fingerprint density at radius 1 is 1.12 bits per heavy atom. The Labute approximate surface area is 239 Å². The predicted molar refractivity (Wildman–Crippen MR) is 157 cm³/mol. The van der Waals surface area contributed by atoms with Gasteiger partial charge in [0.25, 0.3) is 11.8 Å². The molecule has 1 aromatic carbocycles. The summed E-state index contributed by atoms with van der Waals surface area (Å²) in [7, 11) is 0. The molecule has 40 heavy (non-hydrogen) atoms. The maximum absolute atomic E-state index is 13.1. The number of carboxylic acid groups (broad SMARTS) is 1. The number of aromatic nitrogens is 1. The molecule has 2 amide bonds. The van der Waals surface area contributed by atoms with Crippen molar-refractivity contribution in [1.29, 1.82) is 5.41 Å². The maximum atomic E-state index is 13.1. The van der Waals surface area contributed by atoms with Crippen LogP contribution in [0.25, 0.3) is 0 Å². The Bertz CT molecular complexity index is 1240. The molecule has 0 radical (unpaired) electrons. The summed E-state index contributed by atoms with van der Waals surface area (Å²) in [5.74, 6) is -1.32. The van der Waals surface area contributed by atoms with Crippen LogP contribution in [0, 0.1) is 5.41 Å². The first kappa shape index (κ1) is 32.0. The van der Waals surface area contributed by atoms with Crippen LogP contribution in [0.1, 0.15) is 56.8 Å². The molecule has 1 aliphatic heterocycles. The van der Waals surface area contributed by atoms with Gasteiger partial charge >= 0.3 is 5.97 Å². The monoisotopic (exact) mass is 569 g/mol. The largest absolute Gasteiger partial charge is 0.482 e. The number of amidine groups is 1. The molecule has 2 aromatic rings.